The molecule has 1 aliphatic heterocycles. The maximum Gasteiger partial charge on any atom is 0.255 e. The van der Waals surface area contributed by atoms with E-state index in [2.05, 4.69) is 40.9 Å². The number of anilines is 1. The second-order valence-corrected chi connectivity index (χ2v) is 9.04. The number of hydrogen-bond donors (Lipinski definition) is 2. The molecule has 5 rings (SSSR count). The highest BCUT2D eigenvalue weighted by Crippen LogP contribution is 2.36. The van der Waals surface area contributed by atoms with Crippen LogP contribution in [-0.4, -0.2) is 67.2 Å². The largest absolute Gasteiger partial charge is 0.371 e. The van der Waals surface area contributed by atoms with Crippen molar-refractivity contribution in [2.24, 2.45) is 13.0 Å². The zero-order chi connectivity index (χ0) is 24.4. The van der Waals surface area contributed by atoms with Crippen LogP contribution in [0.15, 0.2) is 36.9 Å². The molecule has 3 heterocycles. The van der Waals surface area contributed by atoms with Crippen LogP contribution in [0.1, 0.15) is 36.0 Å². The molecule has 2 N–H and O–H groups in total. The Labute approximate surface area is 201 Å². The van der Waals surface area contributed by atoms with Crippen LogP contribution >= 0.6 is 0 Å². The quantitative estimate of drug-likeness (QED) is 0.515. The molecule has 0 radical (unpaired) electrons. The van der Waals surface area contributed by atoms with Crippen molar-refractivity contribution in [3.63, 3.8) is 0 Å². The minimum atomic E-state index is -0.853. The van der Waals surface area contributed by atoms with E-state index in [0.717, 1.165) is 18.5 Å². The van der Waals surface area contributed by atoms with Gasteiger partial charge in [-0.05, 0) is 48.9 Å². The molecule has 11 nitrogen and oxygen atoms in total. The predicted octanol–water partition coefficient (Wildman–Crippen LogP) is 1.10. The lowest BCUT2D eigenvalue weighted by Crippen LogP contribution is -2.50. The summed E-state index contributed by atoms with van der Waals surface area (Å²) in [5.74, 6) is -0.352. The topological polar surface area (TPSA) is 131 Å². The molecule has 1 aliphatic carbocycles. The number of hydrogen-bond acceptors (Lipinski definition) is 8. The molecule has 1 saturated heterocycles. The summed E-state index contributed by atoms with van der Waals surface area (Å²) in [5, 5.41) is 17.8. The zero-order valence-electron chi connectivity index (χ0n) is 19.3. The van der Waals surface area contributed by atoms with Gasteiger partial charge in [-0.2, -0.15) is 4.80 Å². The number of benzene rings is 1. The van der Waals surface area contributed by atoms with Crippen molar-refractivity contribution in [1.29, 1.82) is 0 Å². The van der Waals surface area contributed by atoms with Crippen LogP contribution < -0.4 is 15.5 Å². The van der Waals surface area contributed by atoms with Crippen molar-refractivity contribution in [3.05, 3.63) is 48.3 Å². The average molecular weight is 480 g/mol. The summed E-state index contributed by atoms with van der Waals surface area (Å²) in [6.07, 6.45) is 7.09. The van der Waals surface area contributed by atoms with E-state index in [0.29, 0.717) is 43.6 Å². The number of aryl methyl sites for hydroxylation is 1. The molecule has 0 spiro atoms. The number of carbonyl (C=O) groups is 2. The molecule has 182 valence electrons. The number of carbonyl (C=O) groups excluding carboxylic acids is 2. The molecule has 35 heavy (non-hydrogen) atoms. The van der Waals surface area contributed by atoms with Gasteiger partial charge in [-0.25, -0.2) is 14.4 Å². The monoisotopic (exact) mass is 479 g/mol. The predicted molar refractivity (Wildman–Crippen MR) is 124 cm³/mol. The zero-order valence-corrected chi connectivity index (χ0v) is 19.3. The van der Waals surface area contributed by atoms with Gasteiger partial charge in [0.15, 0.2) is 0 Å². The van der Waals surface area contributed by atoms with E-state index in [4.69, 9.17) is 0 Å². The molecule has 0 atom stereocenters. The van der Waals surface area contributed by atoms with Gasteiger partial charge in [-0.1, -0.05) is 6.07 Å². The van der Waals surface area contributed by atoms with Gasteiger partial charge in [0.05, 0.1) is 23.9 Å². The normalized spacial score (nSPS) is 17.1. The Morgan fingerprint density at radius 1 is 1.17 bits per heavy atom. The first-order valence-electron chi connectivity index (χ1n) is 11.6. The Hall–Kier alpha value is -3.96. The summed E-state index contributed by atoms with van der Waals surface area (Å²) in [6.45, 7) is 1.96. The lowest BCUT2D eigenvalue weighted by atomic mass is 9.95. The van der Waals surface area contributed by atoms with E-state index in [1.807, 2.05) is 6.07 Å². The summed E-state index contributed by atoms with van der Waals surface area (Å²) in [4.78, 5) is 36.4. The highest BCUT2D eigenvalue weighted by atomic mass is 19.1. The van der Waals surface area contributed by atoms with Gasteiger partial charge < -0.3 is 15.5 Å². The van der Waals surface area contributed by atoms with Gasteiger partial charge in [0, 0.05) is 32.0 Å². The van der Waals surface area contributed by atoms with Gasteiger partial charge in [-0.3, -0.25) is 9.59 Å². The third-order valence-corrected chi connectivity index (χ3v) is 6.59. The van der Waals surface area contributed by atoms with E-state index >= 15 is 0 Å². The molecule has 1 saturated carbocycles. The van der Waals surface area contributed by atoms with E-state index < -0.39 is 5.54 Å². The Balaban J connectivity index is 1.16. The molecule has 2 amide bonds. The maximum absolute atomic E-state index is 14.7. The van der Waals surface area contributed by atoms with E-state index in [1.54, 1.807) is 13.1 Å². The Morgan fingerprint density at radius 3 is 2.57 bits per heavy atom. The van der Waals surface area contributed by atoms with Crippen molar-refractivity contribution in [2.45, 2.75) is 31.2 Å². The smallest absolute Gasteiger partial charge is 0.255 e. The van der Waals surface area contributed by atoms with Crippen LogP contribution in [0.3, 0.4) is 0 Å². The molecule has 12 heteroatoms. The third kappa shape index (κ3) is 4.81. The fourth-order valence-corrected chi connectivity index (χ4v) is 4.41. The van der Waals surface area contributed by atoms with E-state index in [1.165, 1.54) is 29.6 Å². The summed E-state index contributed by atoms with van der Waals surface area (Å²) in [5.41, 5.74) is 0.563. The van der Waals surface area contributed by atoms with Crippen LogP contribution in [0, 0.1) is 11.7 Å². The molecule has 2 aromatic heterocycles. The van der Waals surface area contributed by atoms with Crippen molar-refractivity contribution < 1.29 is 14.0 Å². The highest BCUT2D eigenvalue weighted by molar-refractivity contribution is 6.00. The summed E-state index contributed by atoms with van der Waals surface area (Å²) >= 11 is 0. The number of tetrazole rings is 1. The van der Waals surface area contributed by atoms with Gasteiger partial charge >= 0.3 is 0 Å². The Morgan fingerprint density at radius 2 is 1.91 bits per heavy atom. The first-order valence-corrected chi connectivity index (χ1v) is 11.6. The van der Waals surface area contributed by atoms with Crippen LogP contribution in [0.4, 0.5) is 10.1 Å². The number of piperidine rings is 1. The number of rotatable bonds is 7. The van der Waals surface area contributed by atoms with Crippen molar-refractivity contribution in [3.8, 4) is 11.4 Å². The molecule has 0 unspecified atom stereocenters. The molecule has 0 bridgehead atoms. The molecular weight excluding hydrogens is 453 g/mol. The maximum atomic E-state index is 14.7. The van der Waals surface area contributed by atoms with Crippen LogP contribution in [0.25, 0.3) is 11.4 Å². The summed E-state index contributed by atoms with van der Waals surface area (Å²) in [6, 6.07) is 4.95. The molecule has 1 aromatic carbocycles. The first kappa shape index (κ1) is 22.8. The SMILES string of the molecule is Cn1nnc(-c2c(F)cccc2N2CCC(CNC(=O)C3(NC(=O)c4cncnc4)CC3)CC2)n1. The summed E-state index contributed by atoms with van der Waals surface area (Å²) < 4.78 is 14.7. The second-order valence-electron chi connectivity index (χ2n) is 9.04. The molecule has 2 fully saturated rings. The minimum Gasteiger partial charge on any atom is -0.371 e. The van der Waals surface area contributed by atoms with Crippen LogP contribution in [-0.2, 0) is 11.8 Å². The van der Waals surface area contributed by atoms with Gasteiger partial charge in [0.25, 0.3) is 5.91 Å². The molecule has 3 aromatic rings. The van der Waals surface area contributed by atoms with Crippen LogP contribution in [0.5, 0.6) is 0 Å². The lowest BCUT2D eigenvalue weighted by Gasteiger charge is -2.34. The van der Waals surface area contributed by atoms with Crippen molar-refractivity contribution in [1.82, 2.24) is 40.8 Å². The first-order chi connectivity index (χ1) is 16.9. The molecule has 2 aliphatic rings. The number of aromatic nitrogens is 6. The second kappa shape index (κ2) is 9.35. The standard InChI is InChI=1S/C23H26FN9O2/c1-32-30-20(29-31-32)19-17(24)3-2-4-18(19)33-9-5-15(6-10-33)11-27-22(35)23(7-8-23)28-21(34)16-12-25-14-26-13-16/h2-4,12-15H,5-11H2,1H3,(H,27,35)(H,28,34). The number of halogens is 1. The minimum absolute atomic E-state index is 0.161. The fourth-order valence-electron chi connectivity index (χ4n) is 4.41. The van der Waals surface area contributed by atoms with Gasteiger partial charge in [0.1, 0.15) is 17.7 Å². The summed E-state index contributed by atoms with van der Waals surface area (Å²) in [7, 11) is 1.64. The Kier molecular flexibility index (Phi) is 6.10. The van der Waals surface area contributed by atoms with Crippen molar-refractivity contribution in [2.75, 3.05) is 24.5 Å². The van der Waals surface area contributed by atoms with Gasteiger partial charge in [0.2, 0.25) is 11.7 Å². The average Bonchev–Trinajstić information content (AvgIpc) is 3.54. The van der Waals surface area contributed by atoms with Gasteiger partial charge in [-0.15, -0.1) is 10.2 Å². The van der Waals surface area contributed by atoms with Crippen LogP contribution in [0.2, 0.25) is 0 Å². The Bertz CT molecular complexity index is 1220. The number of nitrogens with zero attached hydrogens (tertiary/aromatic N) is 7. The van der Waals surface area contributed by atoms with E-state index in [9.17, 15) is 14.0 Å². The number of amides is 2. The third-order valence-electron chi connectivity index (χ3n) is 6.59. The lowest BCUT2D eigenvalue weighted by molar-refractivity contribution is -0.124. The fraction of sp³-hybridized carbons (Fsp3) is 0.435. The molecular formula is C23H26FN9O2. The highest BCUT2D eigenvalue weighted by Gasteiger charge is 2.51. The number of nitrogens with one attached hydrogen (secondary N) is 2. The van der Waals surface area contributed by atoms with Crippen molar-refractivity contribution >= 4 is 17.5 Å². The van der Waals surface area contributed by atoms with E-state index in [-0.39, 0.29) is 29.4 Å².